The third-order valence-corrected chi connectivity index (χ3v) is 6.42. The van der Waals surface area contributed by atoms with Gasteiger partial charge >= 0.3 is 0 Å². The molecule has 218 valence electrons. The van der Waals surface area contributed by atoms with Gasteiger partial charge in [-0.15, -0.1) is 0 Å². The summed E-state index contributed by atoms with van der Waals surface area (Å²) in [5.74, 6) is -36.6. The first-order valence-electron chi connectivity index (χ1n) is 11.0. The fraction of sp³-hybridized carbons (Fsp3) is 0.0370. The van der Waals surface area contributed by atoms with Crippen LogP contribution >= 0.6 is 0 Å². The van der Waals surface area contributed by atoms with Gasteiger partial charge in [0.25, 0.3) is 0 Å². The van der Waals surface area contributed by atoms with Crippen LogP contribution in [0.2, 0.25) is 0 Å². The molecule has 0 unspecified atom stereocenters. The lowest BCUT2D eigenvalue weighted by molar-refractivity contribution is 0.334. The molecule has 0 saturated heterocycles. The Bertz CT molecular complexity index is 1960. The van der Waals surface area contributed by atoms with Gasteiger partial charge in [0.1, 0.15) is 5.82 Å². The highest BCUT2D eigenvalue weighted by Gasteiger charge is 2.36. The summed E-state index contributed by atoms with van der Waals surface area (Å²) in [6.45, 7) is 0. The second-order valence-electron chi connectivity index (χ2n) is 8.55. The summed E-state index contributed by atoms with van der Waals surface area (Å²) >= 11 is 0. The number of hydrogen-bond acceptors (Lipinski definition) is 1. The molecule has 1 nitrogen and oxygen atoms in total. The van der Waals surface area contributed by atoms with Gasteiger partial charge in [-0.05, 0) is 22.9 Å². The van der Waals surface area contributed by atoms with Gasteiger partial charge in [0.15, 0.2) is 63.9 Å². The minimum Gasteiger partial charge on any atom is -0.491 e. The van der Waals surface area contributed by atoms with Crippen molar-refractivity contribution in [1.82, 2.24) is 0 Å². The molecule has 0 spiro atoms. The average molecular weight is 612 g/mol. The fourth-order valence-corrected chi connectivity index (χ4v) is 4.67. The van der Waals surface area contributed by atoms with Crippen LogP contribution in [-0.4, -0.2) is 7.11 Å². The van der Waals surface area contributed by atoms with E-state index in [9.17, 15) is 43.9 Å². The van der Waals surface area contributed by atoms with Crippen LogP contribution in [-0.2, 0) is 0 Å². The molecule has 0 aliphatic rings. The molecule has 5 aromatic carbocycles. The Kier molecular flexibility index (Phi) is 6.74. The Hall–Kier alpha value is -4.56. The maximum atomic E-state index is 15.4. The highest BCUT2D eigenvalue weighted by atomic mass is 19.2. The van der Waals surface area contributed by atoms with Crippen LogP contribution in [0.5, 0.6) is 5.75 Å². The van der Waals surface area contributed by atoms with Crippen LogP contribution in [0.3, 0.4) is 0 Å². The summed E-state index contributed by atoms with van der Waals surface area (Å²) in [4.78, 5) is 0. The van der Waals surface area contributed by atoms with Crippen LogP contribution in [0.15, 0.2) is 18.2 Å². The van der Waals surface area contributed by atoms with Crippen molar-refractivity contribution in [2.75, 3.05) is 7.11 Å². The van der Waals surface area contributed by atoms with E-state index >= 15 is 17.6 Å². The SMILES string of the molecule is COc1c(F)c(F)c(-c2c3cc(F)ccc3c(-c3c(F)c(F)c(F)c(F)c3F)c3c(F)c(F)c(F)c(F)c23)c(F)c1F. The molecule has 15 heteroatoms. The lowest BCUT2D eigenvalue weighted by Crippen LogP contribution is -2.09. The normalized spacial score (nSPS) is 11.7. The molecule has 5 aromatic rings. The second-order valence-corrected chi connectivity index (χ2v) is 8.55. The van der Waals surface area contributed by atoms with Crippen molar-refractivity contribution in [3.8, 4) is 28.0 Å². The van der Waals surface area contributed by atoms with E-state index in [1.165, 1.54) is 0 Å². The molecule has 0 saturated carbocycles. The van der Waals surface area contributed by atoms with E-state index in [0.29, 0.717) is 19.2 Å². The highest BCUT2D eigenvalue weighted by Crippen LogP contribution is 2.50. The zero-order chi connectivity index (χ0) is 31.1. The zero-order valence-corrected chi connectivity index (χ0v) is 19.9. The quantitative estimate of drug-likeness (QED) is 0.0855. The van der Waals surface area contributed by atoms with Crippen LogP contribution in [0.25, 0.3) is 43.8 Å². The van der Waals surface area contributed by atoms with Crippen LogP contribution in [0, 0.1) is 81.4 Å². The fourth-order valence-electron chi connectivity index (χ4n) is 4.67. The van der Waals surface area contributed by atoms with Crippen molar-refractivity contribution in [1.29, 1.82) is 0 Å². The van der Waals surface area contributed by atoms with Gasteiger partial charge in [0, 0.05) is 21.9 Å². The van der Waals surface area contributed by atoms with Crippen molar-refractivity contribution in [2.24, 2.45) is 0 Å². The molecule has 0 aliphatic heterocycles. The standard InChI is InChI=1S/C27H6F14O/c1-42-27-25(40)18(33)13(19(34)26(27)41)9-7-4-5(28)2-3-6(7)8(10-11(9)15(30)21(36)20(35)14(10)29)12-16(31)22(37)24(39)23(38)17(12)32/h2-4H,1H3. The third-order valence-electron chi connectivity index (χ3n) is 6.42. The average Bonchev–Trinajstić information content (AvgIpc) is 2.96. The predicted molar refractivity (Wildman–Crippen MR) is 118 cm³/mol. The van der Waals surface area contributed by atoms with Gasteiger partial charge < -0.3 is 4.74 Å². The Morgan fingerprint density at radius 1 is 0.381 bits per heavy atom. The third kappa shape index (κ3) is 3.71. The Morgan fingerprint density at radius 3 is 1.17 bits per heavy atom. The van der Waals surface area contributed by atoms with E-state index in [0.717, 1.165) is 0 Å². The molecule has 42 heavy (non-hydrogen) atoms. The number of rotatable bonds is 3. The summed E-state index contributed by atoms with van der Waals surface area (Å²) in [5, 5.41) is -6.13. The molecule has 0 atom stereocenters. The molecule has 0 aromatic heterocycles. The lowest BCUT2D eigenvalue weighted by Gasteiger charge is -2.21. The molecule has 5 rings (SSSR count). The molecular weight excluding hydrogens is 606 g/mol. The molecule has 0 aliphatic carbocycles. The summed E-state index contributed by atoms with van der Waals surface area (Å²) in [6.07, 6.45) is 0. The second kappa shape index (κ2) is 9.77. The number of hydrogen-bond donors (Lipinski definition) is 0. The Balaban J connectivity index is 2.23. The number of fused-ring (bicyclic) bond motifs is 2. The van der Waals surface area contributed by atoms with Gasteiger partial charge in [-0.2, -0.15) is 8.78 Å². The first-order valence-corrected chi connectivity index (χ1v) is 11.0. The van der Waals surface area contributed by atoms with E-state index in [2.05, 4.69) is 4.74 Å². The van der Waals surface area contributed by atoms with Gasteiger partial charge in [0.2, 0.25) is 17.5 Å². The highest BCUT2D eigenvalue weighted by molar-refractivity contribution is 6.22. The smallest absolute Gasteiger partial charge is 0.204 e. The largest absolute Gasteiger partial charge is 0.491 e. The molecule has 0 amide bonds. The number of ether oxygens (including phenoxy) is 1. The number of methoxy groups -OCH3 is 1. The lowest BCUT2D eigenvalue weighted by atomic mass is 9.84. The van der Waals surface area contributed by atoms with E-state index in [1.807, 2.05) is 0 Å². The summed E-state index contributed by atoms with van der Waals surface area (Å²) in [7, 11) is 0.576. The maximum absolute atomic E-state index is 15.4. The summed E-state index contributed by atoms with van der Waals surface area (Å²) < 4.78 is 210. The Labute approximate surface area is 223 Å². The van der Waals surface area contributed by atoms with Crippen molar-refractivity contribution in [2.45, 2.75) is 0 Å². The maximum Gasteiger partial charge on any atom is 0.204 e. The van der Waals surface area contributed by atoms with E-state index in [1.54, 1.807) is 0 Å². The van der Waals surface area contributed by atoms with Gasteiger partial charge in [-0.25, -0.2) is 52.7 Å². The monoisotopic (exact) mass is 612 g/mol. The summed E-state index contributed by atoms with van der Waals surface area (Å²) in [6, 6.07) is 0.992. The van der Waals surface area contributed by atoms with E-state index in [-0.39, 0.29) is 6.07 Å². The van der Waals surface area contributed by atoms with Crippen molar-refractivity contribution in [3.05, 3.63) is 99.6 Å². The van der Waals surface area contributed by atoms with E-state index in [4.69, 9.17) is 0 Å². The minimum absolute atomic E-state index is 0.178. The number of halogens is 14. The van der Waals surface area contributed by atoms with Crippen molar-refractivity contribution in [3.63, 3.8) is 0 Å². The topological polar surface area (TPSA) is 9.23 Å². The van der Waals surface area contributed by atoms with Gasteiger partial charge in [0.05, 0.1) is 18.2 Å². The first kappa shape index (κ1) is 29.0. The molecular formula is C27H6F14O. The van der Waals surface area contributed by atoms with Crippen molar-refractivity contribution < 1.29 is 66.2 Å². The Morgan fingerprint density at radius 2 is 0.738 bits per heavy atom. The van der Waals surface area contributed by atoms with Gasteiger partial charge in [-0.1, -0.05) is 6.07 Å². The predicted octanol–water partition coefficient (Wildman–Crippen LogP) is 9.28. The summed E-state index contributed by atoms with van der Waals surface area (Å²) in [5.41, 5.74) is -7.31. The van der Waals surface area contributed by atoms with Crippen LogP contribution < -0.4 is 4.74 Å². The first-order chi connectivity index (χ1) is 19.7. The zero-order valence-electron chi connectivity index (χ0n) is 19.9. The van der Waals surface area contributed by atoms with Gasteiger partial charge in [-0.3, -0.25) is 0 Å². The van der Waals surface area contributed by atoms with Crippen LogP contribution in [0.4, 0.5) is 61.5 Å². The molecule has 0 bridgehead atoms. The molecule has 0 fully saturated rings. The van der Waals surface area contributed by atoms with Crippen molar-refractivity contribution >= 4 is 21.5 Å². The molecule has 0 heterocycles. The molecule has 0 N–H and O–H groups in total. The van der Waals surface area contributed by atoms with E-state index < -0.39 is 131 Å². The van der Waals surface area contributed by atoms with Crippen LogP contribution in [0.1, 0.15) is 0 Å². The molecule has 0 radical (unpaired) electrons. The number of benzene rings is 5. The minimum atomic E-state index is -2.74.